The van der Waals surface area contributed by atoms with Crippen molar-refractivity contribution < 1.29 is 4.79 Å². The minimum Gasteiger partial charge on any atom is -0.398 e. The van der Waals surface area contributed by atoms with Gasteiger partial charge in [0, 0.05) is 27.9 Å². The Hall–Kier alpha value is -1.56. The molecule has 2 aromatic rings. The third kappa shape index (κ3) is 4.20. The predicted octanol–water partition coefficient (Wildman–Crippen LogP) is 3.93. The van der Waals surface area contributed by atoms with Gasteiger partial charge in [-0.1, -0.05) is 31.2 Å². The Morgan fingerprint density at radius 2 is 1.95 bits per heavy atom. The van der Waals surface area contributed by atoms with E-state index in [-0.39, 0.29) is 5.91 Å². The Morgan fingerprint density at radius 1 is 1.19 bits per heavy atom. The van der Waals surface area contributed by atoms with Crippen molar-refractivity contribution >= 4 is 34.2 Å². The molecule has 2 aromatic carbocycles. The molecule has 0 saturated heterocycles. The second-order valence-electron chi connectivity index (χ2n) is 4.94. The van der Waals surface area contributed by atoms with Crippen LogP contribution < -0.4 is 5.73 Å². The smallest absolute Gasteiger partial charge is 0.254 e. The van der Waals surface area contributed by atoms with E-state index in [0.29, 0.717) is 6.54 Å². The molecular weight excluding hydrogens is 375 g/mol. The molecule has 3 nitrogen and oxygen atoms in total. The summed E-state index contributed by atoms with van der Waals surface area (Å²) >= 11 is 2.22. The highest BCUT2D eigenvalue weighted by molar-refractivity contribution is 14.1. The van der Waals surface area contributed by atoms with Crippen molar-refractivity contribution in [1.29, 1.82) is 0 Å². The molecule has 110 valence electrons. The summed E-state index contributed by atoms with van der Waals surface area (Å²) in [4.78, 5) is 14.5. The molecule has 1 amide bonds. The Kier molecular flexibility index (Phi) is 5.61. The minimum atomic E-state index is 0.0543. The van der Waals surface area contributed by atoms with Crippen LogP contribution in [0.3, 0.4) is 0 Å². The van der Waals surface area contributed by atoms with Crippen LogP contribution in [0.15, 0.2) is 48.5 Å². The summed E-state index contributed by atoms with van der Waals surface area (Å²) in [6.07, 6.45) is 0.919. The molecule has 0 heterocycles. The number of para-hydroxylation sites is 1. The van der Waals surface area contributed by atoms with Gasteiger partial charge < -0.3 is 10.6 Å². The second kappa shape index (κ2) is 7.45. The summed E-state index contributed by atoms with van der Waals surface area (Å²) in [6.45, 7) is 3.34. The van der Waals surface area contributed by atoms with Crippen LogP contribution in [0.5, 0.6) is 0 Å². The van der Waals surface area contributed by atoms with E-state index in [2.05, 4.69) is 29.5 Å². The number of nitrogen functional groups attached to an aromatic ring is 1. The average Bonchev–Trinajstić information content (AvgIpc) is 2.48. The van der Waals surface area contributed by atoms with Crippen molar-refractivity contribution in [1.82, 2.24) is 4.90 Å². The van der Waals surface area contributed by atoms with Crippen LogP contribution in [0.1, 0.15) is 29.3 Å². The van der Waals surface area contributed by atoms with Gasteiger partial charge in [-0.25, -0.2) is 0 Å². The quantitative estimate of drug-likeness (QED) is 0.617. The topological polar surface area (TPSA) is 46.3 Å². The highest BCUT2D eigenvalue weighted by Crippen LogP contribution is 2.17. The molecule has 0 radical (unpaired) electrons. The first kappa shape index (κ1) is 15.8. The van der Waals surface area contributed by atoms with E-state index >= 15 is 0 Å². The second-order valence-corrected chi connectivity index (χ2v) is 6.18. The summed E-state index contributed by atoms with van der Waals surface area (Å²) < 4.78 is 1.06. The lowest BCUT2D eigenvalue weighted by atomic mass is 10.1. The Labute approximate surface area is 139 Å². The normalized spacial score (nSPS) is 10.4. The molecule has 0 unspecified atom stereocenters. The molecule has 0 aliphatic heterocycles. The van der Waals surface area contributed by atoms with Crippen LogP contribution in [0.2, 0.25) is 0 Å². The zero-order chi connectivity index (χ0) is 15.2. The van der Waals surface area contributed by atoms with E-state index in [1.165, 1.54) is 0 Å². The summed E-state index contributed by atoms with van der Waals surface area (Å²) in [7, 11) is 0. The van der Waals surface area contributed by atoms with Gasteiger partial charge in [-0.2, -0.15) is 0 Å². The zero-order valence-electron chi connectivity index (χ0n) is 12.1. The SMILES string of the molecule is CCCN(Cc1ccccc1N)C(=O)c1cccc(I)c1. The van der Waals surface area contributed by atoms with Gasteiger partial charge in [-0.3, -0.25) is 4.79 Å². The van der Waals surface area contributed by atoms with Gasteiger partial charge in [-0.15, -0.1) is 0 Å². The van der Waals surface area contributed by atoms with Crippen molar-refractivity contribution in [3.8, 4) is 0 Å². The van der Waals surface area contributed by atoms with Crippen molar-refractivity contribution in [2.75, 3.05) is 12.3 Å². The maximum Gasteiger partial charge on any atom is 0.254 e. The molecule has 0 aliphatic carbocycles. The number of nitrogens with zero attached hydrogens (tertiary/aromatic N) is 1. The Morgan fingerprint density at radius 3 is 2.62 bits per heavy atom. The van der Waals surface area contributed by atoms with Crippen LogP contribution in [0.4, 0.5) is 5.69 Å². The summed E-state index contributed by atoms with van der Waals surface area (Å²) in [6, 6.07) is 15.4. The number of halogens is 1. The number of anilines is 1. The van der Waals surface area contributed by atoms with Crippen molar-refractivity contribution in [2.24, 2.45) is 0 Å². The third-order valence-electron chi connectivity index (χ3n) is 3.27. The highest BCUT2D eigenvalue weighted by atomic mass is 127. The van der Waals surface area contributed by atoms with E-state index in [0.717, 1.165) is 33.4 Å². The van der Waals surface area contributed by atoms with Crippen LogP contribution >= 0.6 is 22.6 Å². The van der Waals surface area contributed by atoms with E-state index < -0.39 is 0 Å². The molecule has 0 bridgehead atoms. The standard InChI is InChI=1S/C17H19IN2O/c1-2-10-20(12-14-6-3-4-9-16(14)19)17(21)13-7-5-8-15(18)11-13/h3-9,11H,2,10,12,19H2,1H3. The van der Waals surface area contributed by atoms with E-state index in [4.69, 9.17) is 5.73 Å². The fourth-order valence-electron chi connectivity index (χ4n) is 2.21. The van der Waals surface area contributed by atoms with Gasteiger partial charge in [0.2, 0.25) is 0 Å². The number of benzene rings is 2. The average molecular weight is 394 g/mol. The van der Waals surface area contributed by atoms with Crippen molar-refractivity contribution in [2.45, 2.75) is 19.9 Å². The molecule has 21 heavy (non-hydrogen) atoms. The number of hydrogen-bond acceptors (Lipinski definition) is 2. The zero-order valence-corrected chi connectivity index (χ0v) is 14.2. The van der Waals surface area contributed by atoms with E-state index in [9.17, 15) is 4.79 Å². The number of carbonyl (C=O) groups is 1. The molecule has 0 saturated carbocycles. The number of nitrogens with two attached hydrogens (primary N) is 1. The van der Waals surface area contributed by atoms with E-state index in [1.807, 2.05) is 53.4 Å². The molecule has 0 atom stereocenters. The van der Waals surface area contributed by atoms with Crippen LogP contribution in [0, 0.1) is 3.57 Å². The number of carbonyl (C=O) groups excluding carboxylic acids is 1. The lowest BCUT2D eigenvalue weighted by molar-refractivity contribution is 0.0743. The fourth-order valence-corrected chi connectivity index (χ4v) is 2.75. The van der Waals surface area contributed by atoms with E-state index in [1.54, 1.807) is 0 Å². The predicted molar refractivity (Wildman–Crippen MR) is 95.0 cm³/mol. The number of rotatable bonds is 5. The first-order valence-electron chi connectivity index (χ1n) is 7.00. The first-order valence-corrected chi connectivity index (χ1v) is 8.08. The molecule has 2 rings (SSSR count). The maximum absolute atomic E-state index is 12.7. The largest absolute Gasteiger partial charge is 0.398 e. The van der Waals surface area contributed by atoms with Gasteiger partial charge >= 0.3 is 0 Å². The van der Waals surface area contributed by atoms with Gasteiger partial charge in [0.25, 0.3) is 5.91 Å². The van der Waals surface area contributed by atoms with Gasteiger partial charge in [-0.05, 0) is 58.8 Å². The highest BCUT2D eigenvalue weighted by Gasteiger charge is 2.16. The van der Waals surface area contributed by atoms with Crippen molar-refractivity contribution in [3.05, 3.63) is 63.2 Å². The monoisotopic (exact) mass is 394 g/mol. The van der Waals surface area contributed by atoms with Gasteiger partial charge in [0.1, 0.15) is 0 Å². The molecule has 0 aliphatic rings. The number of hydrogen-bond donors (Lipinski definition) is 1. The maximum atomic E-state index is 12.7. The summed E-state index contributed by atoms with van der Waals surface area (Å²) in [5.41, 5.74) is 8.44. The lowest BCUT2D eigenvalue weighted by Gasteiger charge is -2.23. The van der Waals surface area contributed by atoms with Crippen LogP contribution in [0.25, 0.3) is 0 Å². The minimum absolute atomic E-state index is 0.0543. The fraction of sp³-hybridized carbons (Fsp3) is 0.235. The molecule has 0 aromatic heterocycles. The Bertz CT molecular complexity index is 628. The summed E-state index contributed by atoms with van der Waals surface area (Å²) in [5.74, 6) is 0.0543. The van der Waals surface area contributed by atoms with Gasteiger partial charge in [0.15, 0.2) is 0 Å². The molecule has 4 heteroatoms. The van der Waals surface area contributed by atoms with Gasteiger partial charge in [0.05, 0.1) is 0 Å². The molecule has 2 N–H and O–H groups in total. The van der Waals surface area contributed by atoms with Crippen LogP contribution in [-0.4, -0.2) is 17.4 Å². The van der Waals surface area contributed by atoms with Crippen LogP contribution in [-0.2, 0) is 6.54 Å². The third-order valence-corrected chi connectivity index (χ3v) is 3.94. The molecular formula is C17H19IN2O. The van der Waals surface area contributed by atoms with Crippen molar-refractivity contribution in [3.63, 3.8) is 0 Å². The number of amides is 1. The molecule has 0 spiro atoms. The summed E-state index contributed by atoms with van der Waals surface area (Å²) in [5, 5.41) is 0. The molecule has 0 fully saturated rings. The Balaban J connectivity index is 2.22. The lowest BCUT2D eigenvalue weighted by Crippen LogP contribution is -2.31. The first-order chi connectivity index (χ1) is 10.1.